The van der Waals surface area contributed by atoms with Gasteiger partial charge in [-0.2, -0.15) is 39.5 Å². The molecule has 2 aromatic carbocycles. The number of hydrogen-bond acceptors (Lipinski definition) is 4. The maximum Gasteiger partial charge on any atom is 0.416 e. The van der Waals surface area contributed by atoms with Crippen LogP contribution in [0.15, 0.2) is 48.4 Å². The van der Waals surface area contributed by atoms with Gasteiger partial charge >= 0.3 is 24.6 Å². The van der Waals surface area contributed by atoms with Crippen molar-refractivity contribution in [3.05, 3.63) is 81.2 Å². The number of halogens is 9. The highest BCUT2D eigenvalue weighted by Crippen LogP contribution is 2.42. The number of rotatable bonds is 5. The van der Waals surface area contributed by atoms with Gasteiger partial charge in [0.15, 0.2) is 0 Å². The zero-order chi connectivity index (χ0) is 29.8. The van der Waals surface area contributed by atoms with Crippen molar-refractivity contribution in [2.45, 2.75) is 51.1 Å². The largest absolute Gasteiger partial charge is 0.439 e. The van der Waals surface area contributed by atoms with Crippen LogP contribution in [0.1, 0.15) is 52.8 Å². The van der Waals surface area contributed by atoms with Crippen LogP contribution in [0, 0.1) is 0 Å². The molecule has 0 N–H and O–H groups in total. The van der Waals surface area contributed by atoms with Crippen molar-refractivity contribution in [3.63, 3.8) is 0 Å². The lowest BCUT2D eigenvalue weighted by molar-refractivity contribution is -0.143. The van der Waals surface area contributed by atoms with Gasteiger partial charge in [-0.15, -0.1) is 11.3 Å². The van der Waals surface area contributed by atoms with Crippen molar-refractivity contribution in [1.82, 2.24) is 9.88 Å². The van der Waals surface area contributed by atoms with Crippen molar-refractivity contribution in [2.75, 3.05) is 0 Å². The van der Waals surface area contributed by atoms with Gasteiger partial charge in [0.25, 0.3) is 0 Å². The summed E-state index contributed by atoms with van der Waals surface area (Å²) in [6.07, 6.45) is -17.6. The topological polar surface area (TPSA) is 42.4 Å². The summed E-state index contributed by atoms with van der Waals surface area (Å²) in [4.78, 5) is 18.1. The molecule has 1 saturated heterocycles. The number of benzene rings is 2. The minimum atomic E-state index is -5.12. The van der Waals surface area contributed by atoms with Crippen molar-refractivity contribution in [2.24, 2.45) is 0 Å². The Hall–Kier alpha value is -3.55. The fraction of sp³-hybridized carbons (Fsp3) is 0.308. The van der Waals surface area contributed by atoms with Crippen LogP contribution in [0.2, 0.25) is 0 Å². The molecule has 14 heteroatoms. The van der Waals surface area contributed by atoms with E-state index in [4.69, 9.17) is 4.74 Å². The van der Waals surface area contributed by atoms with Gasteiger partial charge in [-0.1, -0.05) is 12.6 Å². The molecule has 0 spiro atoms. The first-order valence-electron chi connectivity index (χ1n) is 11.4. The van der Waals surface area contributed by atoms with Gasteiger partial charge in [0, 0.05) is 10.9 Å². The molecule has 0 aliphatic carbocycles. The van der Waals surface area contributed by atoms with Gasteiger partial charge in [0.1, 0.15) is 11.1 Å². The minimum Gasteiger partial charge on any atom is -0.439 e. The third kappa shape index (κ3) is 5.96. The van der Waals surface area contributed by atoms with Crippen LogP contribution in [0.25, 0.3) is 16.8 Å². The molecule has 1 fully saturated rings. The quantitative estimate of drug-likeness (QED) is 0.277. The molecule has 0 radical (unpaired) electrons. The molecule has 2 heterocycles. The number of nitrogens with zero attached hydrogens (tertiary/aromatic N) is 2. The summed E-state index contributed by atoms with van der Waals surface area (Å²) in [6, 6.07) is 2.56. The monoisotopic (exact) mass is 594 g/mol. The Morgan fingerprint density at radius 1 is 0.950 bits per heavy atom. The summed E-state index contributed by atoms with van der Waals surface area (Å²) in [5.74, 6) is 0. The van der Waals surface area contributed by atoms with E-state index in [2.05, 4.69) is 11.6 Å². The standard InChI is InChI=1S/C26H19F9N2O2S/c1-12(2)22-36-20(11-40-22)19-5-4-16(24(27,28)29)8-15(19)10-37-13(3)21(39-23(37)38)14-6-17(25(30,31)32)9-18(7-14)26(33,34)35/h4-9,11,13,21H,1,10H2,2-3H3/t13-,21+/m1/s1. The highest BCUT2D eigenvalue weighted by atomic mass is 32.1. The molecule has 2 atom stereocenters. The van der Waals surface area contributed by atoms with E-state index >= 15 is 0 Å². The van der Waals surface area contributed by atoms with Crippen LogP contribution < -0.4 is 0 Å². The number of hydrogen-bond donors (Lipinski definition) is 0. The number of thiazole rings is 1. The van der Waals surface area contributed by atoms with Crippen molar-refractivity contribution >= 4 is 23.0 Å². The summed E-state index contributed by atoms with van der Waals surface area (Å²) in [6.45, 7) is 6.30. The smallest absolute Gasteiger partial charge is 0.416 e. The molecular weight excluding hydrogens is 575 g/mol. The third-order valence-electron chi connectivity index (χ3n) is 6.25. The molecule has 1 amide bonds. The fourth-order valence-corrected chi connectivity index (χ4v) is 4.99. The van der Waals surface area contributed by atoms with Gasteiger partial charge in [-0.25, -0.2) is 9.78 Å². The van der Waals surface area contributed by atoms with Crippen LogP contribution >= 0.6 is 11.3 Å². The Labute approximate surface area is 225 Å². The van der Waals surface area contributed by atoms with Gasteiger partial charge < -0.3 is 4.74 Å². The van der Waals surface area contributed by atoms with Crippen LogP contribution in [-0.2, 0) is 29.8 Å². The predicted molar refractivity (Wildman–Crippen MR) is 128 cm³/mol. The van der Waals surface area contributed by atoms with Crippen LogP contribution in [0.5, 0.6) is 0 Å². The lowest BCUT2D eigenvalue weighted by Crippen LogP contribution is -2.32. The zero-order valence-electron chi connectivity index (χ0n) is 20.6. The first-order valence-corrected chi connectivity index (χ1v) is 12.3. The Morgan fingerprint density at radius 3 is 2.02 bits per heavy atom. The molecule has 3 aromatic rings. The summed E-state index contributed by atoms with van der Waals surface area (Å²) >= 11 is 1.20. The first kappa shape index (κ1) is 29.4. The number of aromatic nitrogens is 1. The number of allylic oxidation sites excluding steroid dienone is 1. The van der Waals surface area contributed by atoms with E-state index in [-0.39, 0.29) is 17.2 Å². The second-order valence-electron chi connectivity index (χ2n) is 9.20. The van der Waals surface area contributed by atoms with Gasteiger partial charge in [0.05, 0.1) is 35.0 Å². The van der Waals surface area contributed by atoms with E-state index in [9.17, 15) is 44.3 Å². The molecule has 214 valence electrons. The average molecular weight is 594 g/mol. The molecule has 0 saturated carbocycles. The summed E-state index contributed by atoms with van der Waals surface area (Å²) < 4.78 is 126. The van der Waals surface area contributed by atoms with E-state index in [1.807, 2.05) is 0 Å². The van der Waals surface area contributed by atoms with Gasteiger partial charge in [-0.3, -0.25) is 4.90 Å². The molecule has 0 unspecified atom stereocenters. The van der Waals surface area contributed by atoms with E-state index in [1.54, 1.807) is 12.3 Å². The molecule has 1 aliphatic heterocycles. The summed E-state index contributed by atoms with van der Waals surface area (Å²) in [5, 5.41) is 2.12. The summed E-state index contributed by atoms with van der Waals surface area (Å²) in [7, 11) is 0. The molecule has 0 bridgehead atoms. The molecular formula is C26H19F9N2O2S. The maximum absolute atomic E-state index is 13.5. The average Bonchev–Trinajstić information content (AvgIpc) is 3.43. The predicted octanol–water partition coefficient (Wildman–Crippen LogP) is 8.98. The third-order valence-corrected chi connectivity index (χ3v) is 7.25. The second kappa shape index (κ2) is 10.1. The number of carbonyl (C=O) groups is 1. The SMILES string of the molecule is C=C(C)c1nc(-c2ccc(C(F)(F)F)cc2CN2C(=O)O[C@H](c3cc(C(F)(F)F)cc(C(F)(F)F)c3)[C@H]2C)cs1. The van der Waals surface area contributed by atoms with Crippen molar-refractivity contribution < 1.29 is 49.0 Å². The van der Waals surface area contributed by atoms with Crippen molar-refractivity contribution in [1.29, 1.82) is 0 Å². The fourth-order valence-electron chi connectivity index (χ4n) is 4.23. The Bertz CT molecular complexity index is 1430. The number of cyclic esters (lactones) is 1. The zero-order valence-corrected chi connectivity index (χ0v) is 21.4. The normalized spacial score (nSPS) is 18.3. The number of alkyl halides is 9. The van der Waals surface area contributed by atoms with E-state index in [0.717, 1.165) is 17.0 Å². The van der Waals surface area contributed by atoms with Crippen molar-refractivity contribution in [3.8, 4) is 11.3 Å². The van der Waals surface area contributed by atoms with Gasteiger partial charge in [-0.05, 0) is 60.9 Å². The van der Waals surface area contributed by atoms with E-state index in [0.29, 0.717) is 28.4 Å². The second-order valence-corrected chi connectivity index (χ2v) is 10.1. The first-order chi connectivity index (χ1) is 18.4. The highest BCUT2D eigenvalue weighted by Gasteiger charge is 2.43. The molecule has 1 aliphatic rings. The molecule has 40 heavy (non-hydrogen) atoms. The van der Waals surface area contributed by atoms with E-state index in [1.165, 1.54) is 24.3 Å². The lowest BCUT2D eigenvalue weighted by atomic mass is 9.96. The van der Waals surface area contributed by atoms with Crippen LogP contribution in [0.4, 0.5) is 44.3 Å². The number of ether oxygens (including phenoxy) is 1. The maximum atomic E-state index is 13.5. The van der Waals surface area contributed by atoms with Crippen LogP contribution in [0.3, 0.4) is 0 Å². The minimum absolute atomic E-state index is 0.00198. The number of amides is 1. The number of carbonyl (C=O) groups excluding carboxylic acids is 1. The Balaban J connectivity index is 1.74. The highest BCUT2D eigenvalue weighted by molar-refractivity contribution is 7.11. The molecule has 4 rings (SSSR count). The van der Waals surface area contributed by atoms with Crippen LogP contribution in [-0.4, -0.2) is 22.0 Å². The lowest BCUT2D eigenvalue weighted by Gasteiger charge is -2.23. The van der Waals surface area contributed by atoms with E-state index < -0.39 is 65.6 Å². The Morgan fingerprint density at radius 2 is 1.52 bits per heavy atom. The van der Waals surface area contributed by atoms with Gasteiger partial charge in [0.2, 0.25) is 0 Å². The molecule has 1 aromatic heterocycles. The summed E-state index contributed by atoms with van der Waals surface area (Å²) in [5.41, 5.74) is -3.59. The molecule has 4 nitrogen and oxygen atoms in total. The Kier molecular flexibility index (Phi) is 7.45.